The van der Waals surface area contributed by atoms with Gasteiger partial charge in [-0.3, -0.25) is 0 Å². The summed E-state index contributed by atoms with van der Waals surface area (Å²) in [6.07, 6.45) is 5.57. The monoisotopic (exact) mass is 303 g/mol. The van der Waals surface area contributed by atoms with E-state index in [-0.39, 0.29) is 11.6 Å². The standard InChI is InChI=1S/C12H18BrNOS/c1-15-12(5-2-6-12)8-9(14)7-10-3-4-11(13)16-10/h3-4,9H,2,5-8,14H2,1H3. The van der Waals surface area contributed by atoms with Crippen molar-refractivity contribution in [3.8, 4) is 0 Å². The van der Waals surface area contributed by atoms with Crippen LogP contribution >= 0.6 is 27.3 Å². The van der Waals surface area contributed by atoms with Crippen molar-refractivity contribution in [2.75, 3.05) is 7.11 Å². The summed E-state index contributed by atoms with van der Waals surface area (Å²) in [5, 5.41) is 0. The van der Waals surface area contributed by atoms with Gasteiger partial charge < -0.3 is 10.5 Å². The summed E-state index contributed by atoms with van der Waals surface area (Å²) < 4.78 is 6.78. The van der Waals surface area contributed by atoms with Crippen LogP contribution in [0.4, 0.5) is 0 Å². The van der Waals surface area contributed by atoms with Crippen LogP contribution in [0.5, 0.6) is 0 Å². The number of methoxy groups -OCH3 is 1. The SMILES string of the molecule is COC1(CC(N)Cc2ccc(Br)s2)CCC1. The van der Waals surface area contributed by atoms with Gasteiger partial charge in [0.15, 0.2) is 0 Å². The maximum atomic E-state index is 6.20. The highest BCUT2D eigenvalue weighted by Gasteiger charge is 2.38. The number of rotatable bonds is 5. The third kappa shape index (κ3) is 2.86. The van der Waals surface area contributed by atoms with Gasteiger partial charge in [-0.2, -0.15) is 0 Å². The van der Waals surface area contributed by atoms with Crippen molar-refractivity contribution in [3.63, 3.8) is 0 Å². The van der Waals surface area contributed by atoms with E-state index in [1.54, 1.807) is 11.3 Å². The van der Waals surface area contributed by atoms with Crippen molar-refractivity contribution >= 4 is 27.3 Å². The lowest BCUT2D eigenvalue weighted by molar-refractivity contribution is -0.0813. The molecule has 0 aromatic carbocycles. The second-order valence-corrected chi connectivity index (χ2v) is 7.16. The molecule has 2 rings (SSSR count). The minimum absolute atomic E-state index is 0.0912. The normalized spacial score (nSPS) is 20.4. The Morgan fingerprint density at radius 2 is 2.31 bits per heavy atom. The fraction of sp³-hybridized carbons (Fsp3) is 0.667. The van der Waals surface area contributed by atoms with E-state index in [4.69, 9.17) is 10.5 Å². The average molecular weight is 304 g/mol. The first-order valence-electron chi connectivity index (χ1n) is 5.68. The summed E-state index contributed by atoms with van der Waals surface area (Å²) in [5.41, 5.74) is 6.29. The predicted octanol–water partition coefficient (Wildman–Crippen LogP) is 3.34. The van der Waals surface area contributed by atoms with Gasteiger partial charge in [0.05, 0.1) is 9.39 Å². The van der Waals surface area contributed by atoms with E-state index in [9.17, 15) is 0 Å². The molecule has 0 amide bonds. The molecule has 1 aromatic heterocycles. The summed E-state index contributed by atoms with van der Waals surface area (Å²) in [5.74, 6) is 0. The zero-order valence-corrected chi connectivity index (χ0v) is 11.9. The molecule has 16 heavy (non-hydrogen) atoms. The predicted molar refractivity (Wildman–Crippen MR) is 71.9 cm³/mol. The van der Waals surface area contributed by atoms with E-state index in [1.165, 1.54) is 27.9 Å². The van der Waals surface area contributed by atoms with Gasteiger partial charge in [-0.25, -0.2) is 0 Å². The summed E-state index contributed by atoms with van der Waals surface area (Å²) in [7, 11) is 1.81. The van der Waals surface area contributed by atoms with Gasteiger partial charge in [0, 0.05) is 18.0 Å². The molecule has 1 fully saturated rings. The van der Waals surface area contributed by atoms with Gasteiger partial charge in [0.25, 0.3) is 0 Å². The Morgan fingerprint density at radius 3 is 2.75 bits per heavy atom. The molecule has 1 atom stereocenters. The Labute approximate surface area is 109 Å². The van der Waals surface area contributed by atoms with Crippen molar-refractivity contribution in [3.05, 3.63) is 20.8 Å². The zero-order chi connectivity index (χ0) is 11.6. The summed E-state index contributed by atoms with van der Waals surface area (Å²) in [6, 6.07) is 4.45. The first-order valence-corrected chi connectivity index (χ1v) is 7.29. The molecule has 1 heterocycles. The van der Waals surface area contributed by atoms with Crippen molar-refractivity contribution in [1.29, 1.82) is 0 Å². The quantitative estimate of drug-likeness (QED) is 0.905. The van der Waals surface area contributed by atoms with Gasteiger partial charge in [0.1, 0.15) is 0 Å². The third-order valence-electron chi connectivity index (χ3n) is 3.42. The van der Waals surface area contributed by atoms with E-state index in [0.717, 1.165) is 12.8 Å². The molecule has 2 nitrogen and oxygen atoms in total. The van der Waals surface area contributed by atoms with Crippen LogP contribution < -0.4 is 5.73 Å². The third-order valence-corrected chi connectivity index (χ3v) is 5.07. The van der Waals surface area contributed by atoms with Crippen LogP contribution in [0.15, 0.2) is 15.9 Å². The second kappa shape index (κ2) is 5.17. The van der Waals surface area contributed by atoms with E-state index < -0.39 is 0 Å². The molecule has 0 aliphatic heterocycles. The Bertz CT molecular complexity index is 343. The highest BCUT2D eigenvalue weighted by Crippen LogP contribution is 2.39. The minimum Gasteiger partial charge on any atom is -0.378 e. The van der Waals surface area contributed by atoms with Crippen molar-refractivity contribution in [2.24, 2.45) is 5.73 Å². The van der Waals surface area contributed by atoms with E-state index in [0.29, 0.717) is 0 Å². The molecule has 1 aliphatic rings. The number of ether oxygens (including phenoxy) is 1. The van der Waals surface area contributed by atoms with Gasteiger partial charge in [0.2, 0.25) is 0 Å². The number of hydrogen-bond acceptors (Lipinski definition) is 3. The van der Waals surface area contributed by atoms with Gasteiger partial charge >= 0.3 is 0 Å². The van der Waals surface area contributed by atoms with Crippen LogP contribution in [0.1, 0.15) is 30.6 Å². The molecule has 1 aromatic rings. The van der Waals surface area contributed by atoms with Crippen molar-refractivity contribution in [1.82, 2.24) is 0 Å². The number of hydrogen-bond donors (Lipinski definition) is 1. The summed E-state index contributed by atoms with van der Waals surface area (Å²) >= 11 is 5.25. The Kier molecular flexibility index (Phi) is 4.06. The fourth-order valence-corrected chi connectivity index (χ4v) is 3.91. The molecular weight excluding hydrogens is 286 g/mol. The molecule has 0 spiro atoms. The van der Waals surface area contributed by atoms with Crippen LogP contribution in [-0.4, -0.2) is 18.8 Å². The zero-order valence-electron chi connectivity index (χ0n) is 9.54. The first kappa shape index (κ1) is 12.6. The molecular formula is C12H18BrNOS. The summed E-state index contributed by atoms with van der Waals surface area (Å²) in [6.45, 7) is 0. The van der Waals surface area contributed by atoms with Crippen LogP contribution in [0.2, 0.25) is 0 Å². The molecule has 4 heteroatoms. The molecule has 0 saturated heterocycles. The number of nitrogens with two attached hydrogens (primary N) is 1. The molecule has 90 valence electrons. The largest absolute Gasteiger partial charge is 0.378 e. The van der Waals surface area contributed by atoms with Gasteiger partial charge in [-0.1, -0.05) is 0 Å². The second-order valence-electron chi connectivity index (χ2n) is 4.61. The molecule has 0 bridgehead atoms. The topological polar surface area (TPSA) is 35.2 Å². The molecule has 1 aliphatic carbocycles. The van der Waals surface area contributed by atoms with Gasteiger partial charge in [-0.05, 0) is 60.2 Å². The molecule has 0 radical (unpaired) electrons. The van der Waals surface area contributed by atoms with Crippen molar-refractivity contribution < 1.29 is 4.74 Å². The van der Waals surface area contributed by atoms with Crippen LogP contribution in [0.3, 0.4) is 0 Å². The average Bonchev–Trinajstić information content (AvgIpc) is 2.57. The van der Waals surface area contributed by atoms with Crippen LogP contribution in [0.25, 0.3) is 0 Å². The first-order chi connectivity index (χ1) is 7.63. The highest BCUT2D eigenvalue weighted by molar-refractivity contribution is 9.11. The van der Waals surface area contributed by atoms with Crippen molar-refractivity contribution in [2.45, 2.75) is 43.7 Å². The number of thiophene rings is 1. The molecule has 1 saturated carbocycles. The Hall–Kier alpha value is 0.1000. The van der Waals surface area contributed by atoms with Crippen LogP contribution in [-0.2, 0) is 11.2 Å². The summed E-state index contributed by atoms with van der Waals surface area (Å²) in [4.78, 5) is 1.35. The lowest BCUT2D eigenvalue weighted by atomic mass is 9.75. The van der Waals surface area contributed by atoms with E-state index in [1.807, 2.05) is 7.11 Å². The fourth-order valence-electron chi connectivity index (χ4n) is 2.33. The van der Waals surface area contributed by atoms with E-state index >= 15 is 0 Å². The Morgan fingerprint density at radius 1 is 1.56 bits per heavy atom. The minimum atomic E-state index is 0.0912. The number of halogens is 1. The molecule has 2 N–H and O–H groups in total. The Balaban J connectivity index is 1.86. The lowest BCUT2D eigenvalue weighted by Crippen LogP contribution is -2.44. The lowest BCUT2D eigenvalue weighted by Gasteiger charge is -2.42. The van der Waals surface area contributed by atoms with Crippen LogP contribution in [0, 0.1) is 0 Å². The smallest absolute Gasteiger partial charge is 0.0701 e. The maximum Gasteiger partial charge on any atom is 0.0701 e. The highest BCUT2D eigenvalue weighted by atomic mass is 79.9. The molecule has 1 unspecified atom stereocenters. The maximum absolute atomic E-state index is 6.20. The van der Waals surface area contributed by atoms with E-state index in [2.05, 4.69) is 28.1 Å². The van der Waals surface area contributed by atoms with Gasteiger partial charge in [-0.15, -0.1) is 11.3 Å².